The molecule has 2 aromatic carbocycles. The van der Waals surface area contributed by atoms with Gasteiger partial charge in [-0.05, 0) is 63.2 Å². The number of amides is 3. The molecule has 0 spiro atoms. The van der Waals surface area contributed by atoms with E-state index in [1.807, 2.05) is 24.3 Å². The van der Waals surface area contributed by atoms with Crippen LogP contribution in [0.3, 0.4) is 0 Å². The van der Waals surface area contributed by atoms with Crippen molar-refractivity contribution in [1.82, 2.24) is 4.90 Å². The minimum atomic E-state index is -0.405. The van der Waals surface area contributed by atoms with Crippen LogP contribution in [-0.4, -0.2) is 41.8 Å². The molecular formula is C23H25N3O3. The zero-order valence-corrected chi connectivity index (χ0v) is 16.9. The van der Waals surface area contributed by atoms with Gasteiger partial charge in [-0.3, -0.25) is 19.3 Å². The van der Waals surface area contributed by atoms with E-state index in [0.717, 1.165) is 17.1 Å². The summed E-state index contributed by atoms with van der Waals surface area (Å²) >= 11 is 0. The lowest BCUT2D eigenvalue weighted by atomic mass is 10.1. The van der Waals surface area contributed by atoms with Crippen molar-refractivity contribution in [2.45, 2.75) is 26.8 Å². The van der Waals surface area contributed by atoms with Crippen LogP contribution in [0.2, 0.25) is 0 Å². The summed E-state index contributed by atoms with van der Waals surface area (Å²) in [5.41, 5.74) is 2.63. The van der Waals surface area contributed by atoms with E-state index in [4.69, 9.17) is 0 Å². The molecule has 0 saturated carbocycles. The smallest absolute Gasteiger partial charge is 0.261 e. The zero-order chi connectivity index (χ0) is 21.1. The first kappa shape index (κ1) is 20.3. The number of carbonyl (C=O) groups excluding carboxylic acids is 3. The first-order chi connectivity index (χ1) is 13.9. The summed E-state index contributed by atoms with van der Waals surface area (Å²) in [6.07, 6.45) is 1.50. The molecule has 6 nitrogen and oxygen atoms in total. The Labute approximate surface area is 170 Å². The summed E-state index contributed by atoms with van der Waals surface area (Å²) in [6, 6.07) is 12.6. The van der Waals surface area contributed by atoms with Crippen molar-refractivity contribution in [2.24, 2.45) is 0 Å². The third-order valence-electron chi connectivity index (χ3n) is 4.97. The number of rotatable bonds is 7. The Bertz CT molecular complexity index is 964. The highest BCUT2D eigenvalue weighted by molar-refractivity contribution is 6.22. The van der Waals surface area contributed by atoms with Crippen LogP contribution in [0.15, 0.2) is 55.1 Å². The molecule has 0 saturated heterocycles. The molecule has 0 aliphatic carbocycles. The first-order valence-corrected chi connectivity index (χ1v) is 9.66. The van der Waals surface area contributed by atoms with Gasteiger partial charge in [0.05, 0.1) is 11.1 Å². The number of benzene rings is 2. The van der Waals surface area contributed by atoms with Crippen LogP contribution >= 0.6 is 0 Å². The molecule has 0 aromatic heterocycles. The Hall–Kier alpha value is -3.41. The van der Waals surface area contributed by atoms with E-state index < -0.39 is 5.91 Å². The SMILES string of the molecule is C=CCN1C(=O)c2ccc(C(=O)Nc3ccc(N(CC)C(C)C)cc3)cc2C1=O. The molecule has 1 N–H and O–H groups in total. The van der Waals surface area contributed by atoms with Gasteiger partial charge in [-0.1, -0.05) is 6.08 Å². The van der Waals surface area contributed by atoms with E-state index in [1.165, 1.54) is 18.2 Å². The highest BCUT2D eigenvalue weighted by Crippen LogP contribution is 2.25. The van der Waals surface area contributed by atoms with E-state index in [1.54, 1.807) is 6.07 Å². The van der Waals surface area contributed by atoms with Crippen molar-refractivity contribution < 1.29 is 14.4 Å². The molecule has 0 radical (unpaired) electrons. The quantitative estimate of drug-likeness (QED) is 0.573. The van der Waals surface area contributed by atoms with E-state index in [9.17, 15) is 14.4 Å². The van der Waals surface area contributed by atoms with Crippen molar-refractivity contribution in [3.63, 3.8) is 0 Å². The zero-order valence-electron chi connectivity index (χ0n) is 16.9. The van der Waals surface area contributed by atoms with Crippen molar-refractivity contribution in [3.8, 4) is 0 Å². The Morgan fingerprint density at radius 1 is 1.10 bits per heavy atom. The van der Waals surface area contributed by atoms with Gasteiger partial charge < -0.3 is 10.2 Å². The van der Waals surface area contributed by atoms with Crippen LogP contribution < -0.4 is 10.2 Å². The van der Waals surface area contributed by atoms with E-state index in [2.05, 4.69) is 37.6 Å². The molecule has 3 amide bonds. The predicted octanol–water partition coefficient (Wildman–Crippen LogP) is 3.96. The molecule has 2 aromatic rings. The molecular weight excluding hydrogens is 366 g/mol. The Morgan fingerprint density at radius 3 is 2.34 bits per heavy atom. The van der Waals surface area contributed by atoms with Crippen molar-refractivity contribution in [3.05, 3.63) is 71.8 Å². The van der Waals surface area contributed by atoms with Gasteiger partial charge in [0.25, 0.3) is 17.7 Å². The number of nitrogens with one attached hydrogen (secondary N) is 1. The lowest BCUT2D eigenvalue weighted by Crippen LogP contribution is -2.30. The van der Waals surface area contributed by atoms with Gasteiger partial charge >= 0.3 is 0 Å². The fourth-order valence-electron chi connectivity index (χ4n) is 3.51. The maximum Gasteiger partial charge on any atom is 0.261 e. The highest BCUT2D eigenvalue weighted by Gasteiger charge is 2.35. The lowest BCUT2D eigenvalue weighted by molar-refractivity contribution is 0.0672. The van der Waals surface area contributed by atoms with Gasteiger partial charge in [-0.2, -0.15) is 0 Å². The summed E-state index contributed by atoms with van der Waals surface area (Å²) in [4.78, 5) is 40.7. The van der Waals surface area contributed by atoms with Crippen molar-refractivity contribution >= 4 is 29.1 Å². The first-order valence-electron chi connectivity index (χ1n) is 9.66. The third-order valence-corrected chi connectivity index (χ3v) is 4.97. The average Bonchev–Trinajstić information content (AvgIpc) is 2.94. The maximum atomic E-state index is 12.6. The molecule has 6 heteroatoms. The Balaban J connectivity index is 1.77. The number of nitrogens with zero attached hydrogens (tertiary/aromatic N) is 2. The summed E-state index contributed by atoms with van der Waals surface area (Å²) in [5.74, 6) is -1.10. The number of anilines is 2. The number of fused-ring (bicyclic) bond motifs is 1. The standard InChI is InChI=1S/C23H25N3O3/c1-5-13-26-22(28)19-12-7-16(14-20(19)23(26)29)21(27)24-17-8-10-18(11-9-17)25(6-2)15(3)4/h5,7-12,14-15H,1,6,13H2,2-4H3,(H,24,27). The van der Waals surface area contributed by atoms with Crippen LogP contribution in [0, 0.1) is 0 Å². The molecule has 150 valence electrons. The molecule has 1 heterocycles. The molecule has 29 heavy (non-hydrogen) atoms. The molecule has 1 aliphatic rings. The van der Waals surface area contributed by atoms with Gasteiger partial charge in [-0.25, -0.2) is 0 Å². The summed E-state index contributed by atoms with van der Waals surface area (Å²) in [5, 5.41) is 2.84. The number of imide groups is 1. The second-order valence-corrected chi connectivity index (χ2v) is 7.15. The predicted molar refractivity (Wildman–Crippen MR) is 115 cm³/mol. The fraction of sp³-hybridized carbons (Fsp3) is 0.261. The van der Waals surface area contributed by atoms with Crippen molar-refractivity contribution in [2.75, 3.05) is 23.3 Å². The third kappa shape index (κ3) is 3.92. The molecule has 0 fully saturated rings. The maximum absolute atomic E-state index is 12.6. The number of hydrogen-bond acceptors (Lipinski definition) is 4. The van der Waals surface area contributed by atoms with Gasteiger partial charge in [0.15, 0.2) is 0 Å². The summed E-state index contributed by atoms with van der Waals surface area (Å²) in [6.45, 7) is 11.0. The highest BCUT2D eigenvalue weighted by atomic mass is 16.2. The van der Waals surface area contributed by atoms with Crippen LogP contribution in [0.1, 0.15) is 51.8 Å². The van der Waals surface area contributed by atoms with Gasteiger partial charge in [-0.15, -0.1) is 6.58 Å². The monoisotopic (exact) mass is 391 g/mol. The second-order valence-electron chi connectivity index (χ2n) is 7.15. The normalized spacial score (nSPS) is 12.9. The van der Waals surface area contributed by atoms with Gasteiger partial charge in [0, 0.05) is 36.1 Å². The number of carbonyl (C=O) groups is 3. The molecule has 0 atom stereocenters. The average molecular weight is 391 g/mol. The van der Waals surface area contributed by atoms with Crippen molar-refractivity contribution in [1.29, 1.82) is 0 Å². The Kier molecular flexibility index (Phi) is 5.82. The lowest BCUT2D eigenvalue weighted by Gasteiger charge is -2.27. The second kappa shape index (κ2) is 8.31. The van der Waals surface area contributed by atoms with Crippen LogP contribution in [0.5, 0.6) is 0 Å². The number of hydrogen-bond donors (Lipinski definition) is 1. The van der Waals surface area contributed by atoms with E-state index in [-0.39, 0.29) is 23.9 Å². The molecule has 1 aliphatic heterocycles. The van der Waals surface area contributed by atoms with Crippen LogP contribution in [0.25, 0.3) is 0 Å². The molecule has 3 rings (SSSR count). The van der Waals surface area contributed by atoms with E-state index >= 15 is 0 Å². The summed E-state index contributed by atoms with van der Waals surface area (Å²) < 4.78 is 0. The summed E-state index contributed by atoms with van der Waals surface area (Å²) in [7, 11) is 0. The Morgan fingerprint density at radius 2 is 1.76 bits per heavy atom. The minimum absolute atomic E-state index is 0.144. The van der Waals surface area contributed by atoms with Gasteiger partial charge in [0.2, 0.25) is 0 Å². The minimum Gasteiger partial charge on any atom is -0.369 e. The topological polar surface area (TPSA) is 69.7 Å². The van der Waals surface area contributed by atoms with Gasteiger partial charge in [0.1, 0.15) is 0 Å². The fourth-order valence-corrected chi connectivity index (χ4v) is 3.51. The van der Waals surface area contributed by atoms with E-state index in [0.29, 0.717) is 22.9 Å². The molecule has 0 bridgehead atoms. The largest absolute Gasteiger partial charge is 0.369 e. The molecule has 0 unspecified atom stereocenters. The van der Waals surface area contributed by atoms with Crippen LogP contribution in [-0.2, 0) is 0 Å². The van der Waals surface area contributed by atoms with Crippen LogP contribution in [0.4, 0.5) is 11.4 Å².